The molecule has 0 aromatic heterocycles. The van der Waals surface area contributed by atoms with Crippen molar-refractivity contribution in [2.45, 2.75) is 78.6 Å². The molecule has 0 heterocycles. The van der Waals surface area contributed by atoms with Gasteiger partial charge < -0.3 is 20.3 Å². The molecule has 7 nitrogen and oxygen atoms in total. The third kappa shape index (κ3) is 8.13. The van der Waals surface area contributed by atoms with Crippen LogP contribution in [0.3, 0.4) is 0 Å². The molecule has 0 aliphatic heterocycles. The first-order valence-corrected chi connectivity index (χ1v) is 10.1. The molecule has 1 aromatic carbocycles. The van der Waals surface area contributed by atoms with Crippen LogP contribution in [0.15, 0.2) is 30.3 Å². The van der Waals surface area contributed by atoms with Gasteiger partial charge in [-0.05, 0) is 53.5 Å². The van der Waals surface area contributed by atoms with Crippen molar-refractivity contribution in [3.63, 3.8) is 0 Å². The molecule has 0 spiro atoms. The number of ether oxygens (including phenoxy) is 1. The van der Waals surface area contributed by atoms with Crippen LogP contribution in [0.1, 0.15) is 66.5 Å². The van der Waals surface area contributed by atoms with E-state index in [4.69, 9.17) is 4.74 Å². The van der Waals surface area contributed by atoms with Crippen molar-refractivity contribution in [3.05, 3.63) is 35.9 Å². The zero-order valence-electron chi connectivity index (χ0n) is 18.6. The summed E-state index contributed by atoms with van der Waals surface area (Å²) in [5.41, 5.74) is 0.0596. The number of nitrogens with zero attached hydrogens (tertiary/aromatic N) is 1. The predicted molar refractivity (Wildman–Crippen MR) is 113 cm³/mol. The topological polar surface area (TPSA) is 87.7 Å². The van der Waals surface area contributed by atoms with Gasteiger partial charge in [-0.1, -0.05) is 37.3 Å². The van der Waals surface area contributed by atoms with Gasteiger partial charge in [0.1, 0.15) is 18.2 Å². The highest BCUT2D eigenvalue weighted by molar-refractivity contribution is 5.90. The summed E-state index contributed by atoms with van der Waals surface area (Å²) >= 11 is 0. The Morgan fingerprint density at radius 2 is 1.66 bits per heavy atom. The average molecular weight is 406 g/mol. The maximum atomic E-state index is 13.1. The van der Waals surface area contributed by atoms with E-state index in [1.807, 2.05) is 58.0 Å². The molecule has 2 unspecified atom stereocenters. The van der Waals surface area contributed by atoms with Gasteiger partial charge in [-0.15, -0.1) is 0 Å². The van der Waals surface area contributed by atoms with Crippen LogP contribution in [-0.4, -0.2) is 47.0 Å². The Bertz CT molecular complexity index is 683. The smallest absolute Gasteiger partial charge is 0.408 e. The van der Waals surface area contributed by atoms with Gasteiger partial charge in [0.15, 0.2) is 0 Å². The molecule has 0 radical (unpaired) electrons. The normalized spacial score (nSPS) is 13.4. The van der Waals surface area contributed by atoms with Crippen molar-refractivity contribution in [3.8, 4) is 0 Å². The monoisotopic (exact) mass is 405 g/mol. The Kier molecular flexibility index (Phi) is 9.14. The first-order chi connectivity index (χ1) is 13.5. The minimum absolute atomic E-state index is 0.0671. The summed E-state index contributed by atoms with van der Waals surface area (Å²) in [6.07, 6.45) is -0.00550. The summed E-state index contributed by atoms with van der Waals surface area (Å²) in [5, 5.41) is 5.41. The third-order valence-electron chi connectivity index (χ3n) is 4.21. The molecule has 0 bridgehead atoms. The van der Waals surface area contributed by atoms with E-state index in [9.17, 15) is 14.4 Å². The lowest BCUT2D eigenvalue weighted by Crippen LogP contribution is -2.51. The second-order valence-corrected chi connectivity index (χ2v) is 8.39. The first kappa shape index (κ1) is 24.5. The number of amides is 3. The fourth-order valence-corrected chi connectivity index (χ4v) is 2.83. The summed E-state index contributed by atoms with van der Waals surface area (Å²) in [6, 6.07) is 8.13. The molecule has 2 N–H and O–H groups in total. The number of hydrogen-bond donors (Lipinski definition) is 2. The third-order valence-corrected chi connectivity index (χ3v) is 4.21. The van der Waals surface area contributed by atoms with Crippen molar-refractivity contribution in [1.82, 2.24) is 15.5 Å². The van der Waals surface area contributed by atoms with E-state index in [0.29, 0.717) is 6.42 Å². The molecule has 162 valence electrons. The molecule has 29 heavy (non-hydrogen) atoms. The lowest BCUT2D eigenvalue weighted by Gasteiger charge is -2.36. The van der Waals surface area contributed by atoms with Crippen LogP contribution in [0.4, 0.5) is 4.79 Å². The maximum absolute atomic E-state index is 13.1. The van der Waals surface area contributed by atoms with Crippen LogP contribution in [0.25, 0.3) is 0 Å². The Morgan fingerprint density at radius 1 is 1.07 bits per heavy atom. The van der Waals surface area contributed by atoms with Crippen LogP contribution >= 0.6 is 0 Å². The largest absolute Gasteiger partial charge is 0.444 e. The van der Waals surface area contributed by atoms with Gasteiger partial charge in [-0.2, -0.15) is 0 Å². The zero-order chi connectivity index (χ0) is 22.2. The number of benzene rings is 1. The highest BCUT2D eigenvalue weighted by Crippen LogP contribution is 2.25. The summed E-state index contributed by atoms with van der Waals surface area (Å²) in [5.74, 6) is -0.602. The zero-order valence-corrected chi connectivity index (χ0v) is 18.6. The Balaban J connectivity index is 3.13. The van der Waals surface area contributed by atoms with E-state index in [1.54, 1.807) is 25.7 Å². The number of carbonyl (C=O) groups is 3. The first-order valence-electron chi connectivity index (χ1n) is 10.1. The fourth-order valence-electron chi connectivity index (χ4n) is 2.83. The Hall–Kier alpha value is -2.57. The number of hydrogen-bond acceptors (Lipinski definition) is 4. The van der Waals surface area contributed by atoms with Crippen molar-refractivity contribution in [2.24, 2.45) is 0 Å². The SMILES string of the molecule is CCC(C)N(C(=O)CNC(=O)OC(C)(C)C)C(C(=O)NC(C)C)c1ccccc1. The number of nitrogens with one attached hydrogen (secondary N) is 2. The van der Waals surface area contributed by atoms with E-state index < -0.39 is 17.7 Å². The molecule has 0 aliphatic rings. The van der Waals surface area contributed by atoms with Crippen LogP contribution < -0.4 is 10.6 Å². The molecule has 3 amide bonds. The molecular weight excluding hydrogens is 370 g/mol. The number of carbonyl (C=O) groups excluding carboxylic acids is 3. The van der Waals surface area contributed by atoms with Crippen molar-refractivity contribution >= 4 is 17.9 Å². The van der Waals surface area contributed by atoms with E-state index in [-0.39, 0.29) is 30.4 Å². The highest BCUT2D eigenvalue weighted by atomic mass is 16.6. The van der Waals surface area contributed by atoms with Gasteiger partial charge in [-0.3, -0.25) is 9.59 Å². The van der Waals surface area contributed by atoms with Crippen LogP contribution in [0.2, 0.25) is 0 Å². The van der Waals surface area contributed by atoms with E-state index in [1.165, 1.54) is 0 Å². The van der Waals surface area contributed by atoms with Gasteiger partial charge in [0.2, 0.25) is 11.8 Å². The molecule has 0 fully saturated rings. The predicted octanol–water partition coefficient (Wildman–Crippen LogP) is 3.40. The summed E-state index contributed by atoms with van der Waals surface area (Å²) in [6.45, 7) is 12.6. The van der Waals surface area contributed by atoms with Gasteiger partial charge >= 0.3 is 6.09 Å². The molecule has 7 heteroatoms. The summed E-state index contributed by atoms with van der Waals surface area (Å²) < 4.78 is 5.20. The summed E-state index contributed by atoms with van der Waals surface area (Å²) in [4.78, 5) is 39.6. The minimum atomic E-state index is -0.790. The van der Waals surface area contributed by atoms with Gasteiger partial charge in [0.05, 0.1) is 0 Å². The Morgan fingerprint density at radius 3 is 2.14 bits per heavy atom. The summed E-state index contributed by atoms with van der Waals surface area (Å²) in [7, 11) is 0. The molecule has 2 atom stereocenters. The molecular formula is C22H35N3O4. The number of alkyl carbamates (subject to hydrolysis) is 1. The second kappa shape index (κ2) is 10.8. The van der Waals surface area contributed by atoms with E-state index in [0.717, 1.165) is 5.56 Å². The highest BCUT2D eigenvalue weighted by Gasteiger charge is 2.34. The standard InChI is InChI=1S/C22H35N3O4/c1-8-16(4)25(18(26)14-23-21(28)29-22(5,6)7)19(20(27)24-15(2)3)17-12-10-9-11-13-17/h9-13,15-16,19H,8,14H2,1-7H3,(H,23,28)(H,24,27). The van der Waals surface area contributed by atoms with Crippen molar-refractivity contribution < 1.29 is 19.1 Å². The van der Waals surface area contributed by atoms with E-state index in [2.05, 4.69) is 10.6 Å². The lowest BCUT2D eigenvalue weighted by atomic mass is 10.0. The average Bonchev–Trinajstić information content (AvgIpc) is 2.62. The van der Waals surface area contributed by atoms with Crippen molar-refractivity contribution in [2.75, 3.05) is 6.54 Å². The minimum Gasteiger partial charge on any atom is -0.444 e. The Labute approximate surface area is 174 Å². The maximum Gasteiger partial charge on any atom is 0.408 e. The van der Waals surface area contributed by atoms with Crippen LogP contribution in [0.5, 0.6) is 0 Å². The van der Waals surface area contributed by atoms with Gasteiger partial charge in [0, 0.05) is 12.1 Å². The van der Waals surface area contributed by atoms with Gasteiger partial charge in [-0.25, -0.2) is 4.79 Å². The molecule has 1 aromatic rings. The number of rotatable bonds is 8. The van der Waals surface area contributed by atoms with Gasteiger partial charge in [0.25, 0.3) is 0 Å². The molecule has 0 saturated heterocycles. The quantitative estimate of drug-likeness (QED) is 0.694. The van der Waals surface area contributed by atoms with Crippen LogP contribution in [0, 0.1) is 0 Å². The van der Waals surface area contributed by atoms with E-state index >= 15 is 0 Å². The lowest BCUT2D eigenvalue weighted by molar-refractivity contribution is -0.142. The molecule has 0 aliphatic carbocycles. The van der Waals surface area contributed by atoms with Crippen LogP contribution in [-0.2, 0) is 14.3 Å². The van der Waals surface area contributed by atoms with Crippen molar-refractivity contribution in [1.29, 1.82) is 0 Å². The second-order valence-electron chi connectivity index (χ2n) is 8.39. The fraction of sp³-hybridized carbons (Fsp3) is 0.591. The molecule has 1 rings (SSSR count). The molecule has 0 saturated carbocycles.